The number of thioether (sulfide) groups is 1. The molecule has 0 bridgehead atoms. The first kappa shape index (κ1) is 25.2. The lowest BCUT2D eigenvalue weighted by Crippen LogP contribution is -2.57. The van der Waals surface area contributed by atoms with Gasteiger partial charge in [0.05, 0.1) is 6.61 Å². The molecule has 0 aromatic rings. The highest BCUT2D eigenvalue weighted by atomic mass is 32.3. The van der Waals surface area contributed by atoms with Crippen molar-refractivity contribution < 1.29 is 47.2 Å². The number of rotatable bonds is 11. The molecule has 0 aromatic heterocycles. The molecule has 1 aliphatic heterocycles. The standard InChI is InChI=1S/C15H27NO10S2/c1-2-5-9(18)6-3-4-7-11(16-26-28(22,23)24)27-15-14(21)13(20)12(19)10(8-17)25-15/h10,12-15,17,19-21H,2-8H2,1H3,(H,22,23,24). The van der Waals surface area contributed by atoms with Gasteiger partial charge in [-0.2, -0.15) is 8.42 Å². The molecule has 5 N–H and O–H groups in total. The summed E-state index contributed by atoms with van der Waals surface area (Å²) < 4.78 is 39.5. The van der Waals surface area contributed by atoms with Crippen LogP contribution in [-0.4, -0.2) is 80.7 Å². The monoisotopic (exact) mass is 445 g/mol. The largest absolute Gasteiger partial charge is 0.466 e. The molecule has 0 aliphatic carbocycles. The number of hydrogen-bond acceptors (Lipinski definition) is 11. The minimum absolute atomic E-state index is 0.0184. The molecule has 0 radical (unpaired) electrons. The minimum Gasteiger partial charge on any atom is -0.394 e. The second-order valence-corrected chi connectivity index (χ2v) is 8.47. The van der Waals surface area contributed by atoms with Gasteiger partial charge in [0.2, 0.25) is 0 Å². The zero-order valence-corrected chi connectivity index (χ0v) is 17.0. The van der Waals surface area contributed by atoms with Gasteiger partial charge in [-0.05, 0) is 25.7 Å². The molecule has 1 heterocycles. The quantitative estimate of drug-likeness (QED) is 0.0915. The van der Waals surface area contributed by atoms with Crippen molar-refractivity contribution >= 4 is 33.0 Å². The Labute approximate surface area is 167 Å². The van der Waals surface area contributed by atoms with Crippen LogP contribution in [0.5, 0.6) is 0 Å². The van der Waals surface area contributed by atoms with E-state index in [-0.39, 0.29) is 17.2 Å². The number of oxime groups is 1. The van der Waals surface area contributed by atoms with E-state index in [0.29, 0.717) is 25.7 Å². The van der Waals surface area contributed by atoms with Gasteiger partial charge in [-0.15, -0.1) is 0 Å². The topological polar surface area (TPSA) is 183 Å². The summed E-state index contributed by atoms with van der Waals surface area (Å²) in [5, 5.41) is 42.2. The fourth-order valence-electron chi connectivity index (χ4n) is 2.52. The Hall–Kier alpha value is -0.800. The van der Waals surface area contributed by atoms with Crippen molar-refractivity contribution in [3.63, 3.8) is 0 Å². The number of ether oxygens (including phenoxy) is 1. The van der Waals surface area contributed by atoms with Crippen LogP contribution in [0.3, 0.4) is 0 Å². The number of ketones is 1. The number of Topliss-reactive ketones (excluding diaryl/α,β-unsaturated/α-hetero) is 1. The SMILES string of the molecule is CCCC(=O)CCCCC(=NOS(=O)(=O)O)SC1OC(CO)C(O)C(O)C1O. The molecule has 28 heavy (non-hydrogen) atoms. The maximum Gasteiger partial charge on any atom is 0.466 e. The summed E-state index contributed by atoms with van der Waals surface area (Å²) in [5.74, 6) is 0.108. The molecule has 1 rings (SSSR count). The third-order valence-electron chi connectivity index (χ3n) is 3.96. The molecular formula is C15H27NO10S2. The normalized spacial score (nSPS) is 28.9. The summed E-state index contributed by atoms with van der Waals surface area (Å²) in [6.45, 7) is 1.28. The average molecular weight is 446 g/mol. The second-order valence-electron chi connectivity index (χ2n) is 6.30. The molecule has 1 saturated heterocycles. The molecular weight excluding hydrogens is 418 g/mol. The van der Waals surface area contributed by atoms with Crippen molar-refractivity contribution in [3.8, 4) is 0 Å². The molecule has 1 fully saturated rings. The van der Waals surface area contributed by atoms with Crippen LogP contribution in [0.25, 0.3) is 0 Å². The Balaban J connectivity index is 2.75. The fourth-order valence-corrected chi connectivity index (χ4v) is 3.86. The lowest BCUT2D eigenvalue weighted by molar-refractivity contribution is -0.205. The Morgan fingerprint density at radius 1 is 1.11 bits per heavy atom. The highest BCUT2D eigenvalue weighted by molar-refractivity contribution is 8.14. The molecule has 164 valence electrons. The van der Waals surface area contributed by atoms with Crippen molar-refractivity contribution in [2.45, 2.75) is 75.3 Å². The van der Waals surface area contributed by atoms with Crippen molar-refractivity contribution in [2.24, 2.45) is 5.16 Å². The zero-order valence-electron chi connectivity index (χ0n) is 15.4. The number of aliphatic hydroxyl groups excluding tert-OH is 4. The lowest BCUT2D eigenvalue weighted by Gasteiger charge is -2.39. The van der Waals surface area contributed by atoms with E-state index in [2.05, 4.69) is 9.44 Å². The molecule has 0 saturated carbocycles. The van der Waals surface area contributed by atoms with Crippen molar-refractivity contribution in [3.05, 3.63) is 0 Å². The maximum absolute atomic E-state index is 11.5. The third-order valence-corrected chi connectivity index (χ3v) is 5.39. The van der Waals surface area contributed by atoms with Gasteiger partial charge in [-0.25, -0.2) is 4.28 Å². The highest BCUT2D eigenvalue weighted by Gasteiger charge is 2.44. The third kappa shape index (κ3) is 8.69. The van der Waals surface area contributed by atoms with Crippen LogP contribution in [0, 0.1) is 0 Å². The van der Waals surface area contributed by atoms with E-state index in [1.54, 1.807) is 0 Å². The second kappa shape index (κ2) is 12.0. The Morgan fingerprint density at radius 2 is 1.75 bits per heavy atom. The number of hydrogen-bond donors (Lipinski definition) is 5. The van der Waals surface area contributed by atoms with E-state index in [0.717, 1.165) is 18.2 Å². The highest BCUT2D eigenvalue weighted by Crippen LogP contribution is 2.30. The van der Waals surface area contributed by atoms with Crippen LogP contribution < -0.4 is 0 Å². The van der Waals surface area contributed by atoms with E-state index < -0.39 is 46.9 Å². The van der Waals surface area contributed by atoms with Crippen LogP contribution in [0.2, 0.25) is 0 Å². The smallest absolute Gasteiger partial charge is 0.394 e. The van der Waals surface area contributed by atoms with Gasteiger partial charge < -0.3 is 25.2 Å². The lowest BCUT2D eigenvalue weighted by atomic mass is 10.0. The summed E-state index contributed by atoms with van der Waals surface area (Å²) in [7, 11) is -4.85. The van der Waals surface area contributed by atoms with Gasteiger partial charge in [-0.1, -0.05) is 23.8 Å². The Bertz CT molecular complexity index is 624. The molecule has 5 unspecified atom stereocenters. The minimum atomic E-state index is -4.85. The fraction of sp³-hybridized carbons (Fsp3) is 0.867. The molecule has 5 atom stereocenters. The summed E-state index contributed by atoms with van der Waals surface area (Å²) >= 11 is 0.719. The van der Waals surface area contributed by atoms with E-state index in [1.165, 1.54) is 0 Å². The van der Waals surface area contributed by atoms with Gasteiger partial charge in [0.15, 0.2) is 0 Å². The zero-order chi connectivity index (χ0) is 21.3. The number of carbonyl (C=O) groups excluding carboxylic acids is 1. The molecule has 1 aliphatic rings. The summed E-state index contributed by atoms with van der Waals surface area (Å²) in [4.78, 5) is 11.5. The van der Waals surface area contributed by atoms with Crippen LogP contribution in [0.15, 0.2) is 5.16 Å². The Morgan fingerprint density at radius 3 is 2.32 bits per heavy atom. The number of aliphatic hydroxyl groups is 4. The predicted molar refractivity (Wildman–Crippen MR) is 99.8 cm³/mol. The van der Waals surface area contributed by atoms with Crippen LogP contribution in [0.1, 0.15) is 45.4 Å². The van der Waals surface area contributed by atoms with Crippen LogP contribution in [-0.2, 0) is 24.2 Å². The van der Waals surface area contributed by atoms with Gasteiger partial charge in [-0.3, -0.25) is 9.35 Å². The maximum atomic E-state index is 11.5. The van der Waals surface area contributed by atoms with Gasteiger partial charge in [0.1, 0.15) is 40.7 Å². The first-order chi connectivity index (χ1) is 13.1. The molecule has 0 aromatic carbocycles. The summed E-state index contributed by atoms with van der Waals surface area (Å²) in [6.07, 6.45) is -3.13. The molecule has 13 heteroatoms. The molecule has 11 nitrogen and oxygen atoms in total. The van der Waals surface area contributed by atoms with Gasteiger partial charge >= 0.3 is 10.4 Å². The average Bonchev–Trinajstić information content (AvgIpc) is 2.62. The molecule has 0 amide bonds. The van der Waals surface area contributed by atoms with Crippen molar-refractivity contribution in [1.29, 1.82) is 0 Å². The summed E-state index contributed by atoms with van der Waals surface area (Å²) in [5.41, 5.74) is -1.18. The first-order valence-corrected chi connectivity index (χ1v) is 11.0. The number of carbonyl (C=O) groups is 1. The van der Waals surface area contributed by atoms with Crippen molar-refractivity contribution in [2.75, 3.05) is 6.61 Å². The molecule has 0 spiro atoms. The van der Waals surface area contributed by atoms with Crippen LogP contribution >= 0.6 is 11.8 Å². The van der Waals surface area contributed by atoms with E-state index in [9.17, 15) is 33.6 Å². The van der Waals surface area contributed by atoms with Crippen molar-refractivity contribution in [1.82, 2.24) is 0 Å². The number of nitrogens with zero attached hydrogens (tertiary/aromatic N) is 1. The van der Waals surface area contributed by atoms with Crippen LogP contribution in [0.4, 0.5) is 0 Å². The van der Waals surface area contributed by atoms with E-state index >= 15 is 0 Å². The van der Waals surface area contributed by atoms with E-state index in [1.807, 2.05) is 6.92 Å². The van der Waals surface area contributed by atoms with E-state index in [4.69, 9.17) is 9.29 Å². The predicted octanol–water partition coefficient (Wildman–Crippen LogP) is -0.418. The van der Waals surface area contributed by atoms with Gasteiger partial charge in [0.25, 0.3) is 0 Å². The number of unbranched alkanes of at least 4 members (excludes halogenated alkanes) is 1. The first-order valence-electron chi connectivity index (χ1n) is 8.80. The van der Waals surface area contributed by atoms with Gasteiger partial charge in [0, 0.05) is 12.8 Å². The Kier molecular flexibility index (Phi) is 10.8. The summed E-state index contributed by atoms with van der Waals surface area (Å²) in [6, 6.07) is 0.